The molecular weight excluding hydrogens is 194 g/mol. The van der Waals surface area contributed by atoms with Gasteiger partial charge >= 0.3 is 5.97 Å². The third-order valence-electron chi connectivity index (χ3n) is 2.90. The molecule has 0 heterocycles. The molecule has 0 aromatic carbocycles. The van der Waals surface area contributed by atoms with Gasteiger partial charge in [0.15, 0.2) is 0 Å². The van der Waals surface area contributed by atoms with Gasteiger partial charge in [-0.25, -0.2) is 0 Å². The Bertz CT molecular complexity index is 261. The summed E-state index contributed by atoms with van der Waals surface area (Å²) in [7, 11) is 0. The van der Waals surface area contributed by atoms with Gasteiger partial charge in [0.25, 0.3) is 0 Å². The Morgan fingerprint density at radius 1 is 1.40 bits per heavy atom. The molecule has 86 valence electrons. The number of carboxylic acids is 1. The average molecular weight is 213 g/mol. The fourth-order valence-electron chi connectivity index (χ4n) is 2.08. The van der Waals surface area contributed by atoms with E-state index in [2.05, 4.69) is 19.2 Å². The summed E-state index contributed by atoms with van der Waals surface area (Å²) in [6.45, 7) is 4.38. The van der Waals surface area contributed by atoms with Gasteiger partial charge < -0.3 is 10.4 Å². The van der Waals surface area contributed by atoms with E-state index in [0.29, 0.717) is 5.41 Å². The van der Waals surface area contributed by atoms with Crippen LogP contribution in [0.15, 0.2) is 0 Å². The molecule has 1 aliphatic rings. The van der Waals surface area contributed by atoms with Crippen LogP contribution in [-0.4, -0.2) is 23.0 Å². The van der Waals surface area contributed by atoms with Gasteiger partial charge in [-0.1, -0.05) is 13.8 Å². The number of aliphatic carboxylic acids is 1. The van der Waals surface area contributed by atoms with E-state index in [9.17, 15) is 9.59 Å². The van der Waals surface area contributed by atoms with Crippen LogP contribution in [0.1, 0.15) is 46.0 Å². The van der Waals surface area contributed by atoms with Crippen LogP contribution in [0.4, 0.5) is 0 Å². The molecule has 0 spiro atoms. The molecule has 4 nitrogen and oxygen atoms in total. The van der Waals surface area contributed by atoms with Gasteiger partial charge in [0, 0.05) is 12.5 Å². The van der Waals surface area contributed by atoms with Crippen molar-refractivity contribution in [2.45, 2.75) is 52.0 Å². The molecule has 1 fully saturated rings. The van der Waals surface area contributed by atoms with E-state index in [-0.39, 0.29) is 24.8 Å². The minimum atomic E-state index is -0.920. The molecule has 1 atom stereocenters. The van der Waals surface area contributed by atoms with Crippen LogP contribution in [0, 0.1) is 5.41 Å². The van der Waals surface area contributed by atoms with Crippen LogP contribution in [0.5, 0.6) is 0 Å². The minimum Gasteiger partial charge on any atom is -0.481 e. The normalized spacial score (nSPS) is 23.7. The van der Waals surface area contributed by atoms with Crippen molar-refractivity contribution in [2.24, 2.45) is 5.41 Å². The minimum absolute atomic E-state index is 0.0814. The molecule has 4 heteroatoms. The first-order valence-corrected chi connectivity index (χ1v) is 5.40. The van der Waals surface area contributed by atoms with Crippen molar-refractivity contribution in [3.8, 4) is 0 Å². The van der Waals surface area contributed by atoms with Gasteiger partial charge in [-0.2, -0.15) is 0 Å². The quantitative estimate of drug-likeness (QED) is 0.744. The second-order valence-electron chi connectivity index (χ2n) is 5.07. The molecule has 0 bridgehead atoms. The number of hydrogen-bond donors (Lipinski definition) is 2. The maximum Gasteiger partial charge on any atom is 0.303 e. The highest BCUT2D eigenvalue weighted by atomic mass is 16.4. The fourth-order valence-corrected chi connectivity index (χ4v) is 2.08. The average Bonchev–Trinajstić information content (AvgIpc) is 2.42. The van der Waals surface area contributed by atoms with E-state index >= 15 is 0 Å². The highest BCUT2D eigenvalue weighted by Gasteiger charge is 2.31. The lowest BCUT2D eigenvalue weighted by atomic mass is 9.92. The summed E-state index contributed by atoms with van der Waals surface area (Å²) in [5, 5.41) is 11.3. The van der Waals surface area contributed by atoms with Gasteiger partial charge in [-0.15, -0.1) is 0 Å². The van der Waals surface area contributed by atoms with E-state index in [4.69, 9.17) is 5.11 Å². The third-order valence-corrected chi connectivity index (χ3v) is 2.90. The standard InChI is InChI=1S/C11H19NO3/c1-11(2)6-5-8(7-11)12-9(13)3-4-10(14)15/h8H,3-7H2,1-2H3,(H,12,13)(H,14,15). The van der Waals surface area contributed by atoms with E-state index in [1.165, 1.54) is 0 Å². The molecule has 1 aliphatic carbocycles. The first kappa shape index (κ1) is 12.0. The Balaban J connectivity index is 2.25. The Morgan fingerprint density at radius 2 is 2.07 bits per heavy atom. The monoisotopic (exact) mass is 213 g/mol. The summed E-state index contributed by atoms with van der Waals surface area (Å²) in [6, 6.07) is 0.237. The number of hydrogen-bond acceptors (Lipinski definition) is 2. The molecule has 0 saturated heterocycles. The summed E-state index contributed by atoms with van der Waals surface area (Å²) < 4.78 is 0. The highest BCUT2D eigenvalue weighted by Crippen LogP contribution is 2.36. The molecule has 15 heavy (non-hydrogen) atoms. The van der Waals surface area contributed by atoms with Crippen LogP contribution < -0.4 is 5.32 Å². The number of amides is 1. The molecule has 2 N–H and O–H groups in total. The molecule has 1 amide bonds. The maximum absolute atomic E-state index is 11.3. The number of carbonyl (C=O) groups is 2. The second kappa shape index (κ2) is 4.64. The Hall–Kier alpha value is -1.06. The van der Waals surface area contributed by atoms with Crippen LogP contribution in [0.2, 0.25) is 0 Å². The van der Waals surface area contributed by atoms with E-state index in [0.717, 1.165) is 19.3 Å². The molecule has 0 aliphatic heterocycles. The lowest BCUT2D eigenvalue weighted by Crippen LogP contribution is -2.33. The molecule has 1 rings (SSSR count). The zero-order chi connectivity index (χ0) is 11.5. The van der Waals surface area contributed by atoms with Gasteiger partial charge in [0.2, 0.25) is 5.91 Å². The smallest absolute Gasteiger partial charge is 0.303 e. The molecule has 1 unspecified atom stereocenters. The SMILES string of the molecule is CC1(C)CCC(NC(=O)CCC(=O)O)C1. The predicted molar refractivity (Wildman–Crippen MR) is 56.4 cm³/mol. The molecule has 0 radical (unpaired) electrons. The Labute approximate surface area is 90.0 Å². The maximum atomic E-state index is 11.3. The van der Waals surface area contributed by atoms with Crippen molar-refractivity contribution < 1.29 is 14.7 Å². The van der Waals surface area contributed by atoms with Crippen LogP contribution in [0.25, 0.3) is 0 Å². The van der Waals surface area contributed by atoms with Gasteiger partial charge in [-0.3, -0.25) is 9.59 Å². The molecular formula is C11H19NO3. The van der Waals surface area contributed by atoms with Crippen molar-refractivity contribution in [3.63, 3.8) is 0 Å². The van der Waals surface area contributed by atoms with Gasteiger partial charge in [0.1, 0.15) is 0 Å². The lowest BCUT2D eigenvalue weighted by Gasteiger charge is -2.17. The van der Waals surface area contributed by atoms with Crippen molar-refractivity contribution in [1.82, 2.24) is 5.32 Å². The third kappa shape index (κ3) is 4.32. The van der Waals surface area contributed by atoms with E-state index < -0.39 is 5.97 Å². The summed E-state index contributed by atoms with van der Waals surface area (Å²) in [5.41, 5.74) is 0.310. The summed E-state index contributed by atoms with van der Waals surface area (Å²) in [5.74, 6) is -1.06. The largest absolute Gasteiger partial charge is 0.481 e. The van der Waals surface area contributed by atoms with Gasteiger partial charge in [0.05, 0.1) is 6.42 Å². The number of nitrogens with one attached hydrogen (secondary N) is 1. The van der Waals surface area contributed by atoms with Gasteiger partial charge in [-0.05, 0) is 24.7 Å². The number of carbonyl (C=O) groups excluding carboxylic acids is 1. The van der Waals surface area contributed by atoms with Crippen LogP contribution in [0.3, 0.4) is 0 Å². The number of rotatable bonds is 4. The topological polar surface area (TPSA) is 66.4 Å². The van der Waals surface area contributed by atoms with Crippen molar-refractivity contribution in [2.75, 3.05) is 0 Å². The lowest BCUT2D eigenvalue weighted by molar-refractivity contribution is -0.138. The van der Waals surface area contributed by atoms with Crippen molar-refractivity contribution in [1.29, 1.82) is 0 Å². The zero-order valence-corrected chi connectivity index (χ0v) is 9.38. The van der Waals surface area contributed by atoms with E-state index in [1.54, 1.807) is 0 Å². The van der Waals surface area contributed by atoms with E-state index in [1.807, 2.05) is 0 Å². The zero-order valence-electron chi connectivity index (χ0n) is 9.38. The Kier molecular flexibility index (Phi) is 3.72. The van der Waals surface area contributed by atoms with Crippen LogP contribution in [-0.2, 0) is 9.59 Å². The summed E-state index contributed by atoms with van der Waals surface area (Å²) in [4.78, 5) is 21.6. The first-order chi connectivity index (χ1) is 6.89. The molecule has 0 aromatic heterocycles. The van der Waals surface area contributed by atoms with Crippen LogP contribution >= 0.6 is 0 Å². The fraction of sp³-hybridized carbons (Fsp3) is 0.818. The predicted octanol–water partition coefficient (Wildman–Crippen LogP) is 1.55. The molecule has 0 aromatic rings. The molecule has 1 saturated carbocycles. The number of carboxylic acid groups (broad SMARTS) is 1. The van der Waals surface area contributed by atoms with Crippen molar-refractivity contribution >= 4 is 11.9 Å². The second-order valence-corrected chi connectivity index (χ2v) is 5.07. The highest BCUT2D eigenvalue weighted by molar-refractivity contribution is 5.80. The van der Waals surface area contributed by atoms with Crippen molar-refractivity contribution in [3.05, 3.63) is 0 Å². The Morgan fingerprint density at radius 3 is 2.53 bits per heavy atom. The first-order valence-electron chi connectivity index (χ1n) is 5.40. The summed E-state index contributed by atoms with van der Waals surface area (Å²) in [6.07, 6.45) is 3.13. The summed E-state index contributed by atoms with van der Waals surface area (Å²) >= 11 is 0.